The normalized spacial score (nSPS) is 11.1. The zero-order valence-corrected chi connectivity index (χ0v) is 20.5. The molecule has 1 amide bonds. The monoisotopic (exact) mass is 429 g/mol. The van der Waals surface area contributed by atoms with Crippen LogP contribution in [0.2, 0.25) is 0 Å². The number of hydrogen-bond acceptors (Lipinski definition) is 1. The Morgan fingerprint density at radius 2 is 0.724 bits per heavy atom. The third-order valence-electron chi connectivity index (χ3n) is 6.11. The second kappa shape index (κ2) is 25.8. The standard InChI is InChI=1S/C26H52ClNO/c1-2-3-4-5-6-7-8-9-10-11-12-13-14-15-16-17-18-19-20-21-22-23-24-25-26(29)28-27/h2-25H2,1H3,(H,28,29). The molecule has 3 heteroatoms. The van der Waals surface area contributed by atoms with E-state index < -0.39 is 0 Å². The van der Waals surface area contributed by atoms with Crippen LogP contribution in [0.3, 0.4) is 0 Å². The van der Waals surface area contributed by atoms with E-state index in [2.05, 4.69) is 11.8 Å². The Morgan fingerprint density at radius 3 is 0.966 bits per heavy atom. The second-order valence-corrected chi connectivity index (χ2v) is 9.23. The lowest BCUT2D eigenvalue weighted by Gasteiger charge is -2.04. The van der Waals surface area contributed by atoms with Gasteiger partial charge in [-0.05, 0) is 6.42 Å². The van der Waals surface area contributed by atoms with Crippen molar-refractivity contribution in [2.75, 3.05) is 0 Å². The number of hydrogen-bond donors (Lipinski definition) is 1. The molecule has 0 saturated heterocycles. The van der Waals surface area contributed by atoms with Gasteiger partial charge in [-0.1, -0.05) is 148 Å². The zero-order valence-electron chi connectivity index (χ0n) is 19.8. The van der Waals surface area contributed by atoms with E-state index >= 15 is 0 Å². The summed E-state index contributed by atoms with van der Waals surface area (Å²) < 4.78 is 0. The number of carbonyl (C=O) groups is 1. The first kappa shape index (κ1) is 28.8. The average molecular weight is 430 g/mol. The van der Waals surface area contributed by atoms with Gasteiger partial charge in [-0.15, -0.1) is 0 Å². The van der Waals surface area contributed by atoms with Gasteiger partial charge in [0, 0.05) is 18.2 Å². The first-order chi connectivity index (χ1) is 14.3. The molecule has 0 aliphatic rings. The predicted molar refractivity (Wildman–Crippen MR) is 130 cm³/mol. The predicted octanol–water partition coefficient (Wildman–Crippen LogP) is 9.64. The van der Waals surface area contributed by atoms with Gasteiger partial charge >= 0.3 is 0 Å². The number of rotatable bonds is 24. The van der Waals surface area contributed by atoms with Crippen molar-refractivity contribution in [3.05, 3.63) is 0 Å². The minimum absolute atomic E-state index is 0.0461. The van der Waals surface area contributed by atoms with Crippen molar-refractivity contribution in [3.63, 3.8) is 0 Å². The Bertz CT molecular complexity index is 322. The molecular formula is C26H52ClNO. The van der Waals surface area contributed by atoms with E-state index in [0.29, 0.717) is 6.42 Å². The first-order valence-electron chi connectivity index (χ1n) is 13.2. The van der Waals surface area contributed by atoms with Crippen LogP contribution < -0.4 is 4.84 Å². The molecule has 0 aromatic heterocycles. The van der Waals surface area contributed by atoms with Gasteiger partial charge < -0.3 is 0 Å². The molecule has 0 aliphatic carbocycles. The van der Waals surface area contributed by atoms with Crippen LogP contribution in [-0.4, -0.2) is 5.91 Å². The van der Waals surface area contributed by atoms with Crippen molar-refractivity contribution in [2.45, 2.75) is 161 Å². The summed E-state index contributed by atoms with van der Waals surface area (Å²) >= 11 is 5.25. The van der Waals surface area contributed by atoms with E-state index in [0.717, 1.165) is 12.8 Å². The van der Waals surface area contributed by atoms with Crippen LogP contribution in [0.1, 0.15) is 161 Å². The maximum Gasteiger partial charge on any atom is 0.234 e. The molecule has 0 saturated carbocycles. The molecule has 0 radical (unpaired) electrons. The minimum atomic E-state index is -0.0461. The lowest BCUT2D eigenvalue weighted by molar-refractivity contribution is -0.119. The van der Waals surface area contributed by atoms with Gasteiger partial charge in [-0.2, -0.15) is 0 Å². The molecule has 0 aromatic carbocycles. The quantitative estimate of drug-likeness (QED) is 0.120. The summed E-state index contributed by atoms with van der Waals surface area (Å²) in [6.07, 6.45) is 32.6. The van der Waals surface area contributed by atoms with Gasteiger partial charge in [-0.25, -0.2) is 0 Å². The van der Waals surface area contributed by atoms with Crippen molar-refractivity contribution >= 4 is 17.7 Å². The van der Waals surface area contributed by atoms with Gasteiger partial charge in [0.1, 0.15) is 0 Å². The molecule has 0 bridgehead atoms. The van der Waals surface area contributed by atoms with E-state index in [1.165, 1.54) is 135 Å². The Kier molecular flexibility index (Phi) is 25.6. The Hall–Kier alpha value is -0.240. The molecule has 0 fully saturated rings. The van der Waals surface area contributed by atoms with Gasteiger partial charge in [0.15, 0.2) is 0 Å². The molecule has 0 unspecified atom stereocenters. The third-order valence-corrected chi connectivity index (χ3v) is 6.32. The highest BCUT2D eigenvalue weighted by atomic mass is 35.5. The lowest BCUT2D eigenvalue weighted by atomic mass is 10.0. The van der Waals surface area contributed by atoms with E-state index in [1.54, 1.807) is 0 Å². The van der Waals surface area contributed by atoms with Crippen LogP contribution >= 0.6 is 11.8 Å². The first-order valence-corrected chi connectivity index (χ1v) is 13.6. The fourth-order valence-electron chi connectivity index (χ4n) is 4.12. The van der Waals surface area contributed by atoms with Crippen LogP contribution in [0, 0.1) is 0 Å². The summed E-state index contributed by atoms with van der Waals surface area (Å²) in [6.45, 7) is 2.29. The summed E-state index contributed by atoms with van der Waals surface area (Å²) in [5.41, 5.74) is 0. The number of carbonyl (C=O) groups excluding carboxylic acids is 1. The molecule has 0 aliphatic heterocycles. The topological polar surface area (TPSA) is 29.1 Å². The van der Waals surface area contributed by atoms with Crippen molar-refractivity contribution < 1.29 is 4.79 Å². The molecule has 174 valence electrons. The summed E-state index contributed by atoms with van der Waals surface area (Å²) in [7, 11) is 0. The highest BCUT2D eigenvalue weighted by Crippen LogP contribution is 2.15. The smallest absolute Gasteiger partial charge is 0.234 e. The second-order valence-electron chi connectivity index (χ2n) is 9.05. The molecule has 1 N–H and O–H groups in total. The van der Waals surface area contributed by atoms with Crippen LogP contribution in [0.5, 0.6) is 0 Å². The molecule has 0 atom stereocenters. The van der Waals surface area contributed by atoms with Gasteiger partial charge in [0.25, 0.3) is 0 Å². The van der Waals surface area contributed by atoms with Crippen molar-refractivity contribution in [1.29, 1.82) is 0 Å². The third kappa shape index (κ3) is 25.7. The average Bonchev–Trinajstić information content (AvgIpc) is 2.74. The number of halogens is 1. The fraction of sp³-hybridized carbons (Fsp3) is 0.962. The molecule has 0 spiro atoms. The van der Waals surface area contributed by atoms with Crippen LogP contribution in [0.25, 0.3) is 0 Å². The molecule has 0 aromatic rings. The maximum absolute atomic E-state index is 11.0. The number of amides is 1. The van der Waals surface area contributed by atoms with Crippen molar-refractivity contribution in [3.8, 4) is 0 Å². The van der Waals surface area contributed by atoms with Crippen LogP contribution in [-0.2, 0) is 4.79 Å². The molecule has 0 rings (SSSR count). The van der Waals surface area contributed by atoms with Crippen molar-refractivity contribution in [2.24, 2.45) is 0 Å². The molecular weight excluding hydrogens is 378 g/mol. The van der Waals surface area contributed by atoms with Gasteiger partial charge in [0.2, 0.25) is 5.91 Å². The van der Waals surface area contributed by atoms with Crippen molar-refractivity contribution in [1.82, 2.24) is 4.84 Å². The largest absolute Gasteiger partial charge is 0.274 e. The Labute approximate surface area is 188 Å². The van der Waals surface area contributed by atoms with Crippen LogP contribution in [0.15, 0.2) is 0 Å². The Morgan fingerprint density at radius 1 is 0.483 bits per heavy atom. The molecule has 0 heterocycles. The minimum Gasteiger partial charge on any atom is -0.274 e. The highest BCUT2D eigenvalue weighted by Gasteiger charge is 1.98. The maximum atomic E-state index is 11.0. The van der Waals surface area contributed by atoms with E-state index in [4.69, 9.17) is 11.8 Å². The lowest BCUT2D eigenvalue weighted by Crippen LogP contribution is -2.11. The fourth-order valence-corrected chi connectivity index (χ4v) is 4.21. The highest BCUT2D eigenvalue weighted by molar-refractivity contribution is 6.21. The summed E-state index contributed by atoms with van der Waals surface area (Å²) in [4.78, 5) is 13.1. The summed E-state index contributed by atoms with van der Waals surface area (Å²) in [6, 6.07) is 0. The Balaban J connectivity index is 3.01. The van der Waals surface area contributed by atoms with E-state index in [1.807, 2.05) is 0 Å². The number of unbranched alkanes of at least 4 members (excludes halogenated alkanes) is 22. The number of nitrogens with one attached hydrogen (secondary N) is 1. The van der Waals surface area contributed by atoms with Crippen LogP contribution in [0.4, 0.5) is 0 Å². The van der Waals surface area contributed by atoms with E-state index in [-0.39, 0.29) is 5.91 Å². The van der Waals surface area contributed by atoms with E-state index in [9.17, 15) is 4.79 Å². The zero-order chi connectivity index (χ0) is 21.3. The SMILES string of the molecule is CCCCCCCCCCCCCCCCCCCCCCCCCC(=O)NCl. The molecule has 29 heavy (non-hydrogen) atoms. The van der Waals surface area contributed by atoms with Gasteiger partial charge in [-0.3, -0.25) is 9.63 Å². The summed E-state index contributed by atoms with van der Waals surface area (Å²) in [5, 5.41) is 0. The summed E-state index contributed by atoms with van der Waals surface area (Å²) in [5.74, 6) is -0.0461. The molecule has 2 nitrogen and oxygen atoms in total. The van der Waals surface area contributed by atoms with Gasteiger partial charge in [0.05, 0.1) is 0 Å².